The number of ether oxygens (including phenoxy) is 1. The first kappa shape index (κ1) is 17.5. The Bertz CT molecular complexity index is 999. The van der Waals surface area contributed by atoms with Gasteiger partial charge in [0.2, 0.25) is 0 Å². The van der Waals surface area contributed by atoms with E-state index >= 15 is 0 Å². The van der Waals surface area contributed by atoms with E-state index in [2.05, 4.69) is 10.1 Å². The maximum atomic E-state index is 13.0. The molecule has 140 valence electrons. The number of nitro benzene ring substituents is 1. The molecule has 1 saturated heterocycles. The quantitative estimate of drug-likeness (QED) is 0.502. The van der Waals surface area contributed by atoms with Gasteiger partial charge >= 0.3 is 0 Å². The van der Waals surface area contributed by atoms with Gasteiger partial charge in [0.25, 0.3) is 12.1 Å². The number of alkyl halides is 2. The van der Waals surface area contributed by atoms with E-state index in [1.165, 1.54) is 24.4 Å². The van der Waals surface area contributed by atoms with Crippen LogP contribution in [-0.2, 0) is 4.74 Å². The van der Waals surface area contributed by atoms with Crippen LogP contribution in [-0.4, -0.2) is 32.9 Å². The highest BCUT2D eigenvalue weighted by Crippen LogP contribution is 2.36. The van der Waals surface area contributed by atoms with Crippen molar-refractivity contribution in [2.45, 2.75) is 25.3 Å². The molecule has 0 radical (unpaired) electrons. The van der Waals surface area contributed by atoms with Gasteiger partial charge in [0.05, 0.1) is 28.2 Å². The molecule has 3 heterocycles. The minimum Gasteiger partial charge on any atom is -0.381 e. The zero-order chi connectivity index (χ0) is 19.0. The number of pyridine rings is 1. The Kier molecular flexibility index (Phi) is 4.53. The molecule has 27 heavy (non-hydrogen) atoms. The van der Waals surface area contributed by atoms with Gasteiger partial charge in [-0.05, 0) is 36.6 Å². The van der Waals surface area contributed by atoms with E-state index in [1.54, 1.807) is 12.3 Å². The van der Waals surface area contributed by atoms with Gasteiger partial charge in [-0.1, -0.05) is 0 Å². The summed E-state index contributed by atoms with van der Waals surface area (Å²) in [5, 5.41) is 16.6. The highest BCUT2D eigenvalue weighted by Gasteiger charge is 2.23. The fourth-order valence-corrected chi connectivity index (χ4v) is 3.42. The number of nitrogens with zero attached hydrogens (tertiary/aromatic N) is 4. The summed E-state index contributed by atoms with van der Waals surface area (Å²) in [5.74, 6) is 0. The molecule has 3 aromatic rings. The molecular weight excluding hydrogens is 358 g/mol. The van der Waals surface area contributed by atoms with Crippen LogP contribution < -0.4 is 0 Å². The van der Waals surface area contributed by atoms with Crippen LogP contribution >= 0.6 is 0 Å². The number of halogens is 2. The fourth-order valence-electron chi connectivity index (χ4n) is 3.42. The van der Waals surface area contributed by atoms with Crippen molar-refractivity contribution in [2.75, 3.05) is 13.2 Å². The summed E-state index contributed by atoms with van der Waals surface area (Å²) >= 11 is 0. The van der Waals surface area contributed by atoms with Crippen LogP contribution in [0, 0.1) is 10.1 Å². The van der Waals surface area contributed by atoms with E-state index in [0.29, 0.717) is 24.2 Å². The van der Waals surface area contributed by atoms with Crippen LogP contribution in [0.2, 0.25) is 0 Å². The van der Waals surface area contributed by atoms with E-state index in [1.807, 2.05) is 4.68 Å². The summed E-state index contributed by atoms with van der Waals surface area (Å²) < 4.78 is 33.2. The second kappa shape index (κ2) is 6.99. The summed E-state index contributed by atoms with van der Waals surface area (Å²) in [5.41, 5.74) is 0.762. The zero-order valence-corrected chi connectivity index (χ0v) is 14.2. The summed E-state index contributed by atoms with van der Waals surface area (Å²) in [4.78, 5) is 14.7. The maximum Gasteiger partial charge on any atom is 0.280 e. The van der Waals surface area contributed by atoms with Gasteiger partial charge in [-0.15, -0.1) is 0 Å². The summed E-state index contributed by atoms with van der Waals surface area (Å²) in [6, 6.07) is 5.92. The molecule has 1 fully saturated rings. The van der Waals surface area contributed by atoms with Crippen LogP contribution in [0.15, 0.2) is 36.7 Å². The SMILES string of the molecule is O=[N+]([O-])c1cc2cnn(C3CCOCC3)c2cc1-c1ccnc(C(F)F)c1. The standard InChI is InChI=1S/C18H16F2N4O3/c19-18(20)15-7-11(1-4-21-15)14-9-16-12(8-17(14)24(25)26)10-22-23(16)13-2-5-27-6-3-13/h1,4,7-10,13,18H,2-3,5-6H2. The van der Waals surface area contributed by atoms with E-state index in [-0.39, 0.29) is 17.3 Å². The molecule has 1 aromatic carbocycles. The molecule has 0 amide bonds. The molecule has 0 spiro atoms. The second-order valence-corrected chi connectivity index (χ2v) is 6.39. The molecule has 0 unspecified atom stereocenters. The Morgan fingerprint density at radius 3 is 2.74 bits per heavy atom. The number of aromatic nitrogens is 3. The fraction of sp³-hybridized carbons (Fsp3) is 0.333. The number of fused-ring (bicyclic) bond motifs is 1. The van der Waals surface area contributed by atoms with Crippen molar-refractivity contribution in [1.29, 1.82) is 0 Å². The molecule has 2 aromatic heterocycles. The van der Waals surface area contributed by atoms with Gasteiger partial charge in [0.15, 0.2) is 0 Å². The maximum absolute atomic E-state index is 13.0. The van der Waals surface area contributed by atoms with Gasteiger partial charge < -0.3 is 4.74 Å². The number of rotatable bonds is 4. The first-order valence-electron chi connectivity index (χ1n) is 8.52. The Balaban J connectivity index is 1.88. The minimum absolute atomic E-state index is 0.139. The minimum atomic E-state index is -2.75. The lowest BCUT2D eigenvalue weighted by molar-refractivity contribution is -0.384. The smallest absolute Gasteiger partial charge is 0.280 e. The number of benzene rings is 1. The lowest BCUT2D eigenvalue weighted by atomic mass is 10.0. The largest absolute Gasteiger partial charge is 0.381 e. The van der Waals surface area contributed by atoms with E-state index in [9.17, 15) is 18.9 Å². The molecule has 0 atom stereocenters. The lowest BCUT2D eigenvalue weighted by Gasteiger charge is -2.23. The highest BCUT2D eigenvalue weighted by atomic mass is 19.3. The predicted octanol–water partition coefficient (Wildman–Crippen LogP) is 4.30. The van der Waals surface area contributed by atoms with Crippen molar-refractivity contribution in [2.24, 2.45) is 0 Å². The third-order valence-electron chi connectivity index (χ3n) is 4.76. The molecule has 1 aliphatic rings. The zero-order valence-electron chi connectivity index (χ0n) is 14.2. The van der Waals surface area contributed by atoms with Crippen molar-refractivity contribution in [3.8, 4) is 11.1 Å². The van der Waals surface area contributed by atoms with Crippen LogP contribution in [0.3, 0.4) is 0 Å². The van der Waals surface area contributed by atoms with Gasteiger partial charge in [0.1, 0.15) is 5.69 Å². The van der Waals surface area contributed by atoms with Crippen molar-refractivity contribution < 1.29 is 18.4 Å². The predicted molar refractivity (Wildman–Crippen MR) is 93.7 cm³/mol. The Hall–Kier alpha value is -2.94. The first-order valence-corrected chi connectivity index (χ1v) is 8.52. The van der Waals surface area contributed by atoms with Crippen molar-refractivity contribution in [3.05, 3.63) is 52.5 Å². The molecule has 1 aliphatic heterocycles. The normalized spacial score (nSPS) is 15.5. The molecule has 9 heteroatoms. The monoisotopic (exact) mass is 374 g/mol. The van der Waals surface area contributed by atoms with Crippen molar-refractivity contribution >= 4 is 16.6 Å². The average molecular weight is 374 g/mol. The molecule has 0 aliphatic carbocycles. The number of hydrogen-bond donors (Lipinski definition) is 0. The Labute approximate surface area is 152 Å². The van der Waals surface area contributed by atoms with Gasteiger partial charge in [-0.25, -0.2) is 8.78 Å². The van der Waals surface area contributed by atoms with Gasteiger partial charge in [0, 0.05) is 30.9 Å². The first-order chi connectivity index (χ1) is 13.0. The highest BCUT2D eigenvalue weighted by molar-refractivity contribution is 5.90. The van der Waals surface area contributed by atoms with E-state index in [0.717, 1.165) is 18.4 Å². The summed E-state index contributed by atoms with van der Waals surface area (Å²) in [6.07, 6.45) is 1.68. The third kappa shape index (κ3) is 3.25. The van der Waals surface area contributed by atoms with Crippen LogP contribution in [0.5, 0.6) is 0 Å². The van der Waals surface area contributed by atoms with Crippen LogP contribution in [0.25, 0.3) is 22.0 Å². The topological polar surface area (TPSA) is 83.1 Å². The second-order valence-electron chi connectivity index (χ2n) is 6.39. The lowest BCUT2D eigenvalue weighted by Crippen LogP contribution is -2.20. The summed E-state index contributed by atoms with van der Waals surface area (Å²) in [6.45, 7) is 1.27. The molecular formula is C18H16F2N4O3. The van der Waals surface area contributed by atoms with Gasteiger partial charge in [-0.2, -0.15) is 5.10 Å². The molecule has 0 N–H and O–H groups in total. The van der Waals surface area contributed by atoms with Crippen LogP contribution in [0.1, 0.15) is 31.0 Å². The molecule has 0 saturated carbocycles. The molecule has 7 nitrogen and oxygen atoms in total. The van der Waals surface area contributed by atoms with Crippen molar-refractivity contribution in [1.82, 2.24) is 14.8 Å². The van der Waals surface area contributed by atoms with Crippen molar-refractivity contribution in [3.63, 3.8) is 0 Å². The number of hydrogen-bond acceptors (Lipinski definition) is 5. The van der Waals surface area contributed by atoms with Crippen LogP contribution in [0.4, 0.5) is 14.5 Å². The number of nitro groups is 1. The Morgan fingerprint density at radius 1 is 1.26 bits per heavy atom. The van der Waals surface area contributed by atoms with E-state index < -0.39 is 17.0 Å². The molecule has 0 bridgehead atoms. The van der Waals surface area contributed by atoms with Gasteiger partial charge in [-0.3, -0.25) is 19.8 Å². The van der Waals surface area contributed by atoms with E-state index in [4.69, 9.17) is 4.74 Å². The summed E-state index contributed by atoms with van der Waals surface area (Å²) in [7, 11) is 0. The third-order valence-corrected chi connectivity index (χ3v) is 4.76. The molecule has 4 rings (SSSR count). The average Bonchev–Trinajstić information content (AvgIpc) is 3.10. The Morgan fingerprint density at radius 2 is 2.04 bits per heavy atom.